The highest BCUT2D eigenvalue weighted by atomic mass is 16.5. The van der Waals surface area contributed by atoms with Gasteiger partial charge in [-0.05, 0) is 54.6 Å². The lowest BCUT2D eigenvalue weighted by Crippen LogP contribution is -2.36. The molecule has 0 atom stereocenters. The Balaban J connectivity index is 1.37. The molecule has 1 saturated heterocycles. The molecule has 7 heteroatoms. The minimum absolute atomic E-state index is 0.131. The lowest BCUT2D eigenvalue weighted by Gasteiger charge is -2.28. The molecule has 2 heterocycles. The van der Waals surface area contributed by atoms with Crippen LogP contribution in [-0.2, 0) is 11.3 Å². The predicted octanol–water partition coefficient (Wildman–Crippen LogP) is 2.92. The summed E-state index contributed by atoms with van der Waals surface area (Å²) >= 11 is 0. The van der Waals surface area contributed by atoms with Gasteiger partial charge in [-0.15, -0.1) is 0 Å². The smallest absolute Gasteiger partial charge is 0.251 e. The summed E-state index contributed by atoms with van der Waals surface area (Å²) in [4.78, 5) is 23.4. The van der Waals surface area contributed by atoms with Crippen molar-refractivity contribution in [3.8, 4) is 17.0 Å². The maximum absolute atomic E-state index is 12.5. The molecule has 1 aromatic heterocycles. The monoisotopic (exact) mass is 404 g/mol. The van der Waals surface area contributed by atoms with Gasteiger partial charge in [0.25, 0.3) is 5.91 Å². The number of carbonyl (C=O) groups is 1. The third kappa shape index (κ3) is 4.75. The molecule has 1 fully saturated rings. The van der Waals surface area contributed by atoms with Crippen LogP contribution in [0.4, 0.5) is 5.69 Å². The quantitative estimate of drug-likeness (QED) is 0.681. The number of benzene rings is 2. The Morgan fingerprint density at radius 1 is 1.07 bits per heavy atom. The van der Waals surface area contributed by atoms with Crippen LogP contribution in [0.3, 0.4) is 0 Å². The van der Waals surface area contributed by atoms with E-state index < -0.39 is 0 Å². The van der Waals surface area contributed by atoms with Gasteiger partial charge in [0.1, 0.15) is 12.1 Å². The molecule has 3 aromatic rings. The van der Waals surface area contributed by atoms with E-state index >= 15 is 0 Å². The van der Waals surface area contributed by atoms with Crippen molar-refractivity contribution in [2.75, 3.05) is 38.3 Å². The summed E-state index contributed by atoms with van der Waals surface area (Å²) in [6.45, 7) is 3.54. The minimum Gasteiger partial charge on any atom is -0.497 e. The van der Waals surface area contributed by atoms with E-state index in [2.05, 4.69) is 20.2 Å². The molecule has 7 nitrogen and oxygen atoms in total. The molecule has 0 saturated carbocycles. The van der Waals surface area contributed by atoms with Crippen LogP contribution in [0.15, 0.2) is 60.9 Å². The van der Waals surface area contributed by atoms with Crippen LogP contribution < -0.4 is 15.0 Å². The summed E-state index contributed by atoms with van der Waals surface area (Å²) in [6, 6.07) is 17.2. The van der Waals surface area contributed by atoms with Gasteiger partial charge in [0, 0.05) is 29.9 Å². The van der Waals surface area contributed by atoms with Crippen LogP contribution in [0.2, 0.25) is 0 Å². The van der Waals surface area contributed by atoms with E-state index in [-0.39, 0.29) is 5.91 Å². The Morgan fingerprint density at radius 3 is 2.50 bits per heavy atom. The van der Waals surface area contributed by atoms with Crippen LogP contribution in [0.1, 0.15) is 16.1 Å². The van der Waals surface area contributed by atoms with Crippen molar-refractivity contribution in [2.24, 2.45) is 0 Å². The maximum Gasteiger partial charge on any atom is 0.251 e. The lowest BCUT2D eigenvalue weighted by molar-refractivity contribution is 0.0950. The summed E-state index contributed by atoms with van der Waals surface area (Å²) in [6.07, 6.45) is 1.51. The first-order valence-electron chi connectivity index (χ1n) is 9.89. The highest BCUT2D eigenvalue weighted by molar-refractivity contribution is 5.94. The van der Waals surface area contributed by atoms with Crippen molar-refractivity contribution in [1.29, 1.82) is 0 Å². The second-order valence-corrected chi connectivity index (χ2v) is 6.95. The number of anilines is 1. The van der Waals surface area contributed by atoms with Gasteiger partial charge in [-0.2, -0.15) is 0 Å². The van der Waals surface area contributed by atoms with E-state index in [1.165, 1.54) is 6.33 Å². The Hall–Kier alpha value is -3.45. The molecule has 1 aliphatic rings. The number of rotatable bonds is 6. The zero-order chi connectivity index (χ0) is 20.8. The van der Waals surface area contributed by atoms with E-state index in [1.54, 1.807) is 7.11 Å². The molecule has 0 bridgehead atoms. The fourth-order valence-corrected chi connectivity index (χ4v) is 3.33. The van der Waals surface area contributed by atoms with Crippen LogP contribution in [-0.4, -0.2) is 49.3 Å². The molecule has 1 N–H and O–H groups in total. The van der Waals surface area contributed by atoms with Gasteiger partial charge in [-0.25, -0.2) is 9.97 Å². The molecule has 1 amide bonds. The lowest BCUT2D eigenvalue weighted by atomic mass is 10.1. The molecule has 0 aliphatic carbocycles. The van der Waals surface area contributed by atoms with Crippen LogP contribution >= 0.6 is 0 Å². The van der Waals surface area contributed by atoms with Gasteiger partial charge >= 0.3 is 0 Å². The van der Waals surface area contributed by atoms with Crippen LogP contribution in [0, 0.1) is 0 Å². The van der Waals surface area contributed by atoms with Crippen molar-refractivity contribution < 1.29 is 14.3 Å². The first kappa shape index (κ1) is 19.8. The Labute approximate surface area is 175 Å². The number of aromatic nitrogens is 2. The van der Waals surface area contributed by atoms with Crippen LogP contribution in [0.5, 0.6) is 5.75 Å². The van der Waals surface area contributed by atoms with Gasteiger partial charge in [0.05, 0.1) is 38.3 Å². The first-order chi connectivity index (χ1) is 14.7. The van der Waals surface area contributed by atoms with E-state index in [9.17, 15) is 4.79 Å². The average molecular weight is 404 g/mol. The molecule has 0 spiro atoms. The number of hydrogen-bond donors (Lipinski definition) is 1. The number of methoxy groups -OCH3 is 1. The summed E-state index contributed by atoms with van der Waals surface area (Å²) in [7, 11) is 1.64. The number of ether oxygens (including phenoxy) is 2. The summed E-state index contributed by atoms with van der Waals surface area (Å²) < 4.78 is 10.6. The molecule has 2 aromatic carbocycles. The second-order valence-electron chi connectivity index (χ2n) is 6.95. The molecule has 154 valence electrons. The molecule has 0 radical (unpaired) electrons. The number of hydrogen-bond acceptors (Lipinski definition) is 6. The summed E-state index contributed by atoms with van der Waals surface area (Å²) in [5.74, 6) is 0.660. The number of carbonyl (C=O) groups excluding carboxylic acids is 1. The number of nitrogens with one attached hydrogen (secondary N) is 1. The third-order valence-corrected chi connectivity index (χ3v) is 5.05. The molecular weight excluding hydrogens is 380 g/mol. The fraction of sp³-hybridized carbons (Fsp3) is 0.261. The Bertz CT molecular complexity index is 984. The number of nitrogens with zero attached hydrogens (tertiary/aromatic N) is 3. The Kier molecular flexibility index (Phi) is 6.20. The zero-order valence-electron chi connectivity index (χ0n) is 16.9. The summed E-state index contributed by atoms with van der Waals surface area (Å²) in [5, 5.41) is 2.93. The predicted molar refractivity (Wildman–Crippen MR) is 115 cm³/mol. The second kappa shape index (κ2) is 9.37. The van der Waals surface area contributed by atoms with Gasteiger partial charge < -0.3 is 19.7 Å². The highest BCUT2D eigenvalue weighted by Crippen LogP contribution is 2.21. The van der Waals surface area contributed by atoms with E-state index in [0.29, 0.717) is 12.1 Å². The van der Waals surface area contributed by atoms with E-state index in [1.807, 2.05) is 54.6 Å². The SMILES string of the molecule is COc1ccc(-c2cc(CNC(=O)c3ccc(N4CCOCC4)cc3)ncn2)cc1. The standard InChI is InChI=1S/C23H24N4O3/c1-29-21-8-4-17(5-9-21)22-14-19(25-16-26-22)15-24-23(28)18-2-6-20(7-3-18)27-10-12-30-13-11-27/h2-9,14,16H,10-13,15H2,1H3,(H,24,28). The zero-order valence-corrected chi connectivity index (χ0v) is 16.9. The van der Waals surface area contributed by atoms with E-state index in [0.717, 1.165) is 54.7 Å². The fourth-order valence-electron chi connectivity index (χ4n) is 3.33. The maximum atomic E-state index is 12.5. The minimum atomic E-state index is -0.131. The molecule has 30 heavy (non-hydrogen) atoms. The van der Waals surface area contributed by atoms with Gasteiger partial charge in [-0.3, -0.25) is 4.79 Å². The molecule has 4 rings (SSSR count). The van der Waals surface area contributed by atoms with Crippen molar-refractivity contribution in [2.45, 2.75) is 6.54 Å². The Morgan fingerprint density at radius 2 is 1.80 bits per heavy atom. The van der Waals surface area contributed by atoms with Crippen molar-refractivity contribution >= 4 is 11.6 Å². The topological polar surface area (TPSA) is 76.6 Å². The van der Waals surface area contributed by atoms with Gasteiger partial charge in [0.15, 0.2) is 0 Å². The first-order valence-corrected chi connectivity index (χ1v) is 9.89. The van der Waals surface area contributed by atoms with Crippen molar-refractivity contribution in [1.82, 2.24) is 15.3 Å². The van der Waals surface area contributed by atoms with Crippen LogP contribution in [0.25, 0.3) is 11.3 Å². The average Bonchev–Trinajstić information content (AvgIpc) is 2.83. The molecule has 0 unspecified atom stereocenters. The molecule has 1 aliphatic heterocycles. The van der Waals surface area contributed by atoms with E-state index in [4.69, 9.17) is 9.47 Å². The normalized spacial score (nSPS) is 13.7. The third-order valence-electron chi connectivity index (χ3n) is 5.05. The highest BCUT2D eigenvalue weighted by Gasteiger charge is 2.12. The summed E-state index contributed by atoms with van der Waals surface area (Å²) in [5.41, 5.74) is 4.23. The number of morpholine rings is 1. The largest absolute Gasteiger partial charge is 0.497 e. The van der Waals surface area contributed by atoms with Gasteiger partial charge in [-0.1, -0.05) is 0 Å². The molecular formula is C23H24N4O3. The van der Waals surface area contributed by atoms with Crippen molar-refractivity contribution in [3.05, 3.63) is 72.2 Å². The number of amides is 1. The van der Waals surface area contributed by atoms with Crippen molar-refractivity contribution in [3.63, 3.8) is 0 Å². The van der Waals surface area contributed by atoms with Gasteiger partial charge in [0.2, 0.25) is 0 Å².